The highest BCUT2D eigenvalue weighted by atomic mass is 16.5. The molecule has 0 amide bonds. The lowest BCUT2D eigenvalue weighted by atomic mass is 9.92. The van der Waals surface area contributed by atoms with Crippen LogP contribution in [-0.4, -0.2) is 68.6 Å². The number of carboxylic acids is 1. The molecule has 5 N–H and O–H groups in total. The van der Waals surface area contributed by atoms with Gasteiger partial charge in [0.25, 0.3) is 0 Å². The first-order valence-corrected chi connectivity index (χ1v) is 7.99. The molecule has 1 fully saturated rings. The van der Waals surface area contributed by atoms with Gasteiger partial charge in [-0.25, -0.2) is 0 Å². The lowest BCUT2D eigenvalue weighted by Crippen LogP contribution is -2.58. The van der Waals surface area contributed by atoms with Gasteiger partial charge in [0.1, 0.15) is 24.4 Å². The van der Waals surface area contributed by atoms with Crippen LogP contribution in [0.25, 0.3) is 0 Å². The van der Waals surface area contributed by atoms with Crippen LogP contribution in [0.4, 0.5) is 0 Å². The van der Waals surface area contributed by atoms with Crippen LogP contribution in [0.1, 0.15) is 51.4 Å². The maximum atomic E-state index is 10.3. The summed E-state index contributed by atoms with van der Waals surface area (Å²) in [6, 6.07) is 0. The Morgan fingerprint density at radius 3 is 1.95 bits per heavy atom. The molecule has 0 unspecified atom stereocenters. The van der Waals surface area contributed by atoms with Crippen LogP contribution in [0.2, 0.25) is 0 Å². The monoisotopic (exact) mass is 320 g/mol. The summed E-state index contributed by atoms with van der Waals surface area (Å²) in [6.45, 7) is -0.398. The largest absolute Gasteiger partial charge is 0.481 e. The third-order valence-corrected chi connectivity index (χ3v) is 4.12. The molecule has 0 aliphatic carbocycles. The van der Waals surface area contributed by atoms with Gasteiger partial charge >= 0.3 is 5.97 Å². The van der Waals surface area contributed by atoms with Crippen molar-refractivity contribution in [1.29, 1.82) is 0 Å². The highest BCUT2D eigenvalue weighted by Crippen LogP contribution is 2.24. The van der Waals surface area contributed by atoms with Gasteiger partial charge in [-0.15, -0.1) is 0 Å². The van der Waals surface area contributed by atoms with E-state index in [-0.39, 0.29) is 6.42 Å². The first kappa shape index (κ1) is 19.3. The van der Waals surface area contributed by atoms with Gasteiger partial charge in [0.2, 0.25) is 0 Å². The fourth-order valence-corrected chi connectivity index (χ4v) is 2.75. The van der Waals surface area contributed by atoms with E-state index in [9.17, 15) is 20.1 Å². The number of aliphatic hydroxyl groups excluding tert-OH is 4. The molecule has 7 nitrogen and oxygen atoms in total. The number of hydrogen-bond acceptors (Lipinski definition) is 6. The summed E-state index contributed by atoms with van der Waals surface area (Å²) < 4.78 is 5.43. The average Bonchev–Trinajstić information content (AvgIpc) is 2.49. The minimum atomic E-state index is -1.30. The minimum absolute atomic E-state index is 0.213. The van der Waals surface area contributed by atoms with E-state index in [1.54, 1.807) is 0 Å². The van der Waals surface area contributed by atoms with Gasteiger partial charge in [0.15, 0.2) is 0 Å². The second-order valence-electron chi connectivity index (χ2n) is 5.92. The van der Waals surface area contributed by atoms with Gasteiger partial charge in [-0.1, -0.05) is 32.1 Å². The van der Waals surface area contributed by atoms with Crippen LogP contribution in [0.5, 0.6) is 0 Å². The third kappa shape index (κ3) is 6.18. The van der Waals surface area contributed by atoms with Gasteiger partial charge in [-0.3, -0.25) is 4.79 Å². The fraction of sp³-hybridized carbons (Fsp3) is 0.933. The van der Waals surface area contributed by atoms with Crippen LogP contribution in [0, 0.1) is 0 Å². The summed E-state index contributed by atoms with van der Waals surface area (Å²) >= 11 is 0. The van der Waals surface area contributed by atoms with Crippen molar-refractivity contribution in [2.24, 2.45) is 0 Å². The molecule has 22 heavy (non-hydrogen) atoms. The molecule has 1 heterocycles. The van der Waals surface area contributed by atoms with Crippen LogP contribution in [0.15, 0.2) is 0 Å². The van der Waals surface area contributed by atoms with Gasteiger partial charge in [0, 0.05) is 6.42 Å². The highest BCUT2D eigenvalue weighted by molar-refractivity contribution is 5.66. The number of aliphatic carboxylic acids is 1. The predicted molar refractivity (Wildman–Crippen MR) is 78.3 cm³/mol. The standard InChI is InChI=1S/C15H28O7/c16-9-11-14(20)15(21)13(19)10(22-11)7-5-3-1-2-4-6-8-12(17)18/h10-11,13-16,19-21H,1-9H2,(H,17,18)/t10-,11+,13-,14-,15+/m0/s1. The van der Waals surface area contributed by atoms with Crippen molar-refractivity contribution in [3.05, 3.63) is 0 Å². The smallest absolute Gasteiger partial charge is 0.303 e. The SMILES string of the molecule is O=C(O)CCCCCCCC[C@@H]1O[C@H](CO)[C@H](O)[C@H](O)[C@H]1O. The molecule has 1 saturated heterocycles. The second kappa shape index (κ2) is 10.1. The molecular weight excluding hydrogens is 292 g/mol. The van der Waals surface area contributed by atoms with Crippen LogP contribution >= 0.6 is 0 Å². The van der Waals surface area contributed by atoms with Crippen molar-refractivity contribution < 1.29 is 35.1 Å². The normalized spacial score (nSPS) is 32.1. The molecule has 1 aliphatic heterocycles. The van der Waals surface area contributed by atoms with Crippen molar-refractivity contribution in [3.8, 4) is 0 Å². The van der Waals surface area contributed by atoms with E-state index in [4.69, 9.17) is 14.9 Å². The van der Waals surface area contributed by atoms with E-state index < -0.39 is 43.1 Å². The molecular formula is C15H28O7. The molecule has 0 aromatic carbocycles. The van der Waals surface area contributed by atoms with Crippen molar-refractivity contribution in [2.75, 3.05) is 6.61 Å². The summed E-state index contributed by atoms with van der Waals surface area (Å²) in [6.07, 6.45) is 0.895. The molecule has 0 aromatic heterocycles. The summed E-state index contributed by atoms with van der Waals surface area (Å²) in [5.74, 6) is -0.761. The van der Waals surface area contributed by atoms with Gasteiger partial charge in [-0.2, -0.15) is 0 Å². The Hall–Kier alpha value is -0.730. The lowest BCUT2D eigenvalue weighted by Gasteiger charge is -2.40. The van der Waals surface area contributed by atoms with E-state index in [2.05, 4.69) is 0 Å². The maximum absolute atomic E-state index is 10.3. The number of carbonyl (C=O) groups is 1. The highest BCUT2D eigenvalue weighted by Gasteiger charge is 2.42. The zero-order chi connectivity index (χ0) is 16.5. The topological polar surface area (TPSA) is 127 Å². The molecule has 1 aliphatic rings. The Balaban J connectivity index is 2.14. The quantitative estimate of drug-likeness (QED) is 0.359. The third-order valence-electron chi connectivity index (χ3n) is 4.12. The number of ether oxygens (including phenoxy) is 1. The van der Waals surface area contributed by atoms with Crippen molar-refractivity contribution in [2.45, 2.75) is 81.9 Å². The number of hydrogen-bond donors (Lipinski definition) is 5. The van der Waals surface area contributed by atoms with Crippen molar-refractivity contribution in [1.82, 2.24) is 0 Å². The van der Waals surface area contributed by atoms with Gasteiger partial charge in [-0.05, 0) is 12.8 Å². The maximum Gasteiger partial charge on any atom is 0.303 e. The number of unbranched alkanes of at least 4 members (excludes halogenated alkanes) is 5. The number of aliphatic hydroxyl groups is 4. The van der Waals surface area contributed by atoms with E-state index in [0.717, 1.165) is 32.1 Å². The van der Waals surface area contributed by atoms with Crippen LogP contribution in [0.3, 0.4) is 0 Å². The van der Waals surface area contributed by atoms with Crippen LogP contribution in [-0.2, 0) is 9.53 Å². The summed E-state index contributed by atoms with van der Waals surface area (Å²) in [5, 5.41) is 46.8. The van der Waals surface area contributed by atoms with Crippen molar-refractivity contribution in [3.63, 3.8) is 0 Å². The van der Waals surface area contributed by atoms with E-state index in [1.165, 1.54) is 0 Å². The minimum Gasteiger partial charge on any atom is -0.481 e. The van der Waals surface area contributed by atoms with E-state index >= 15 is 0 Å². The van der Waals surface area contributed by atoms with Gasteiger partial charge in [0.05, 0.1) is 12.7 Å². The second-order valence-corrected chi connectivity index (χ2v) is 5.92. The molecule has 0 spiro atoms. The summed E-state index contributed by atoms with van der Waals surface area (Å²) in [4.78, 5) is 10.3. The molecule has 130 valence electrons. The summed E-state index contributed by atoms with van der Waals surface area (Å²) in [7, 11) is 0. The Labute approximate surface area is 130 Å². The Bertz CT molecular complexity index is 321. The van der Waals surface area contributed by atoms with Crippen LogP contribution < -0.4 is 0 Å². The van der Waals surface area contributed by atoms with Crippen molar-refractivity contribution >= 4 is 5.97 Å². The Kier molecular flexibility index (Phi) is 8.89. The molecule has 1 rings (SSSR count). The molecule has 0 aromatic rings. The predicted octanol–water partition coefficient (Wildman–Crippen LogP) is 0.0342. The molecule has 5 atom stereocenters. The van der Waals surface area contributed by atoms with Gasteiger partial charge < -0.3 is 30.3 Å². The fourth-order valence-electron chi connectivity index (χ4n) is 2.75. The zero-order valence-electron chi connectivity index (χ0n) is 12.8. The lowest BCUT2D eigenvalue weighted by molar-refractivity contribution is -0.230. The van der Waals surface area contributed by atoms with E-state index in [1.807, 2.05) is 0 Å². The van der Waals surface area contributed by atoms with E-state index in [0.29, 0.717) is 12.8 Å². The average molecular weight is 320 g/mol. The number of rotatable bonds is 10. The Morgan fingerprint density at radius 2 is 1.36 bits per heavy atom. The first-order valence-electron chi connectivity index (χ1n) is 7.99. The Morgan fingerprint density at radius 1 is 0.818 bits per heavy atom. The molecule has 0 saturated carbocycles. The zero-order valence-corrected chi connectivity index (χ0v) is 12.8. The molecule has 0 bridgehead atoms. The molecule has 7 heteroatoms. The number of carboxylic acid groups (broad SMARTS) is 1. The molecule has 0 radical (unpaired) electrons. The summed E-state index contributed by atoms with van der Waals surface area (Å²) in [5.41, 5.74) is 0. The first-order chi connectivity index (χ1) is 10.5.